The van der Waals surface area contributed by atoms with Gasteiger partial charge < -0.3 is 9.51 Å². The summed E-state index contributed by atoms with van der Waals surface area (Å²) in [4.78, 5) is 24.1. The number of H-pyrrole nitrogens is 1. The van der Waals surface area contributed by atoms with Crippen molar-refractivity contribution in [2.45, 2.75) is 29.7 Å². The molecule has 0 spiro atoms. The van der Waals surface area contributed by atoms with E-state index in [1.54, 1.807) is 4.68 Å². The van der Waals surface area contributed by atoms with Crippen LogP contribution in [0.2, 0.25) is 0 Å². The summed E-state index contributed by atoms with van der Waals surface area (Å²) < 4.78 is 6.92. The molecule has 0 bridgehead atoms. The fourth-order valence-corrected chi connectivity index (χ4v) is 3.38. The van der Waals surface area contributed by atoms with Crippen LogP contribution in [0.1, 0.15) is 30.5 Å². The third kappa shape index (κ3) is 2.80. The number of rotatable bonds is 5. The van der Waals surface area contributed by atoms with E-state index in [-0.39, 0.29) is 5.56 Å². The summed E-state index contributed by atoms with van der Waals surface area (Å²) in [5.74, 6) is 2.22. The maximum Gasteiger partial charge on any atom is 0.262 e. The van der Waals surface area contributed by atoms with Crippen molar-refractivity contribution in [1.29, 1.82) is 0 Å². The fourth-order valence-electron chi connectivity index (χ4n) is 2.68. The number of nitrogens with one attached hydrogen (secondary N) is 1. The summed E-state index contributed by atoms with van der Waals surface area (Å²) in [6.45, 7) is 0. The Morgan fingerprint density at radius 2 is 2.08 bits per heavy atom. The predicted octanol–water partition coefficient (Wildman–Crippen LogP) is 2.66. The summed E-state index contributed by atoms with van der Waals surface area (Å²) in [5, 5.41) is 9.24. The molecule has 1 aliphatic rings. The second-order valence-electron chi connectivity index (χ2n) is 6.11. The highest BCUT2D eigenvalue weighted by molar-refractivity contribution is 7.98. The van der Waals surface area contributed by atoms with Gasteiger partial charge in [-0.25, -0.2) is 9.67 Å². The highest BCUT2D eigenvalue weighted by Gasteiger charge is 2.29. The lowest BCUT2D eigenvalue weighted by Crippen LogP contribution is -2.09. The zero-order chi connectivity index (χ0) is 17.5. The lowest BCUT2D eigenvalue weighted by atomic mass is 10.3. The number of hydrogen-bond donors (Lipinski definition) is 1. The molecule has 1 saturated carbocycles. The molecular weight excluding hydrogens is 352 g/mol. The number of benzene rings is 1. The molecule has 8 nitrogen and oxygen atoms in total. The van der Waals surface area contributed by atoms with Gasteiger partial charge in [0.1, 0.15) is 5.39 Å². The maximum atomic E-state index is 12.3. The number of aromatic nitrogens is 6. The molecule has 0 saturated heterocycles. The average Bonchev–Trinajstić information content (AvgIpc) is 3.25. The van der Waals surface area contributed by atoms with E-state index >= 15 is 0 Å². The van der Waals surface area contributed by atoms with Crippen molar-refractivity contribution < 1.29 is 4.52 Å². The molecular formula is C17H14N6O2S. The van der Waals surface area contributed by atoms with Crippen molar-refractivity contribution in [1.82, 2.24) is 29.9 Å². The maximum absolute atomic E-state index is 12.3. The van der Waals surface area contributed by atoms with Crippen LogP contribution in [-0.4, -0.2) is 29.9 Å². The minimum absolute atomic E-state index is 0.216. The van der Waals surface area contributed by atoms with Gasteiger partial charge >= 0.3 is 0 Å². The normalized spacial score (nSPS) is 14.2. The summed E-state index contributed by atoms with van der Waals surface area (Å²) in [5.41, 5.74) is 1.16. The minimum Gasteiger partial charge on any atom is -0.339 e. The second-order valence-corrected chi connectivity index (χ2v) is 7.08. The van der Waals surface area contributed by atoms with Crippen LogP contribution < -0.4 is 5.56 Å². The van der Waals surface area contributed by atoms with Gasteiger partial charge in [-0.15, -0.1) is 0 Å². The van der Waals surface area contributed by atoms with Crippen LogP contribution in [0.15, 0.2) is 51.0 Å². The van der Waals surface area contributed by atoms with Gasteiger partial charge in [0.15, 0.2) is 16.6 Å². The molecule has 0 amide bonds. The van der Waals surface area contributed by atoms with Crippen LogP contribution in [0.4, 0.5) is 0 Å². The minimum atomic E-state index is -0.216. The summed E-state index contributed by atoms with van der Waals surface area (Å²) in [7, 11) is 0. The molecule has 1 fully saturated rings. The summed E-state index contributed by atoms with van der Waals surface area (Å²) in [6, 6.07) is 9.60. The quantitative estimate of drug-likeness (QED) is 0.428. The van der Waals surface area contributed by atoms with Gasteiger partial charge in [0.25, 0.3) is 5.56 Å². The van der Waals surface area contributed by atoms with Gasteiger partial charge in [0, 0.05) is 5.92 Å². The van der Waals surface area contributed by atoms with E-state index in [1.807, 2.05) is 30.3 Å². The number of fused-ring (bicyclic) bond motifs is 1. The molecule has 0 unspecified atom stereocenters. The van der Waals surface area contributed by atoms with Crippen molar-refractivity contribution >= 4 is 22.8 Å². The Labute approximate surface area is 151 Å². The lowest BCUT2D eigenvalue weighted by molar-refractivity contribution is 0.375. The first-order valence-corrected chi connectivity index (χ1v) is 9.25. The number of hydrogen-bond acceptors (Lipinski definition) is 7. The van der Waals surface area contributed by atoms with Crippen LogP contribution in [-0.2, 0) is 5.75 Å². The molecule has 4 aromatic rings. The Bertz CT molecular complexity index is 1130. The van der Waals surface area contributed by atoms with Crippen molar-refractivity contribution in [2.75, 3.05) is 0 Å². The van der Waals surface area contributed by atoms with Gasteiger partial charge in [-0.1, -0.05) is 35.1 Å². The van der Waals surface area contributed by atoms with Crippen LogP contribution >= 0.6 is 11.8 Å². The molecule has 1 N–H and O–H groups in total. The standard InChI is InChI=1S/C17H14N6O2S/c24-15-12-8-18-23(11-4-2-1-3-5-11)14(12)20-17(21-15)26-9-13-19-16(25-22-13)10-6-7-10/h1-5,8,10H,6-7,9H2,(H,20,21,24). The Hall–Kier alpha value is -2.94. The van der Waals surface area contributed by atoms with Crippen LogP contribution in [0.3, 0.4) is 0 Å². The molecule has 9 heteroatoms. The van der Waals surface area contributed by atoms with Crippen LogP contribution in [0, 0.1) is 0 Å². The van der Waals surface area contributed by atoms with E-state index in [0.29, 0.717) is 39.6 Å². The molecule has 5 rings (SSSR count). The number of para-hydroxylation sites is 1. The van der Waals surface area contributed by atoms with Gasteiger partial charge in [0.2, 0.25) is 5.89 Å². The zero-order valence-electron chi connectivity index (χ0n) is 13.6. The first-order valence-electron chi connectivity index (χ1n) is 8.27. The highest BCUT2D eigenvalue weighted by Crippen LogP contribution is 2.39. The Morgan fingerprint density at radius 3 is 2.88 bits per heavy atom. The largest absolute Gasteiger partial charge is 0.339 e. The number of aromatic amines is 1. The Balaban J connectivity index is 1.45. The lowest BCUT2D eigenvalue weighted by Gasteiger charge is -2.03. The van der Waals surface area contributed by atoms with E-state index in [9.17, 15) is 4.79 Å². The summed E-state index contributed by atoms with van der Waals surface area (Å²) >= 11 is 1.36. The molecule has 0 radical (unpaired) electrons. The van der Waals surface area contributed by atoms with Crippen LogP contribution in [0.5, 0.6) is 0 Å². The first-order chi connectivity index (χ1) is 12.8. The molecule has 3 aromatic heterocycles. The van der Waals surface area contributed by atoms with E-state index in [1.165, 1.54) is 18.0 Å². The molecule has 1 aromatic carbocycles. The first kappa shape index (κ1) is 15.3. The molecule has 1 aliphatic carbocycles. The molecule has 26 heavy (non-hydrogen) atoms. The molecule has 3 heterocycles. The predicted molar refractivity (Wildman–Crippen MR) is 95.3 cm³/mol. The zero-order valence-corrected chi connectivity index (χ0v) is 14.4. The van der Waals surface area contributed by atoms with E-state index in [2.05, 4.69) is 25.2 Å². The van der Waals surface area contributed by atoms with Gasteiger partial charge in [0.05, 0.1) is 17.6 Å². The smallest absolute Gasteiger partial charge is 0.262 e. The topological polar surface area (TPSA) is 102 Å². The van der Waals surface area contributed by atoms with Crippen molar-refractivity contribution in [3.63, 3.8) is 0 Å². The highest BCUT2D eigenvalue weighted by atomic mass is 32.2. The van der Waals surface area contributed by atoms with Crippen LogP contribution in [0.25, 0.3) is 16.7 Å². The van der Waals surface area contributed by atoms with Crippen molar-refractivity contribution in [3.8, 4) is 5.69 Å². The summed E-state index contributed by atoms with van der Waals surface area (Å²) in [6.07, 6.45) is 3.76. The molecule has 0 aliphatic heterocycles. The Morgan fingerprint density at radius 1 is 1.23 bits per heavy atom. The van der Waals surface area contributed by atoms with Gasteiger partial charge in [-0.05, 0) is 25.0 Å². The van der Waals surface area contributed by atoms with Gasteiger partial charge in [-0.3, -0.25) is 4.79 Å². The second kappa shape index (κ2) is 6.10. The van der Waals surface area contributed by atoms with Gasteiger partial charge in [-0.2, -0.15) is 10.1 Å². The fraction of sp³-hybridized carbons (Fsp3) is 0.235. The van der Waals surface area contributed by atoms with E-state index in [0.717, 1.165) is 18.5 Å². The van der Waals surface area contributed by atoms with Crippen molar-refractivity contribution in [3.05, 3.63) is 58.6 Å². The molecule has 0 atom stereocenters. The average molecular weight is 366 g/mol. The number of thioether (sulfide) groups is 1. The Kier molecular flexibility index (Phi) is 3.59. The van der Waals surface area contributed by atoms with E-state index < -0.39 is 0 Å². The SMILES string of the molecule is O=c1[nH]c(SCc2noc(C3CC3)n2)nc2c1cnn2-c1ccccc1. The monoisotopic (exact) mass is 366 g/mol. The third-order valence-corrected chi connectivity index (χ3v) is 5.03. The van der Waals surface area contributed by atoms with Crippen molar-refractivity contribution in [2.24, 2.45) is 0 Å². The third-order valence-electron chi connectivity index (χ3n) is 4.17. The molecule has 130 valence electrons. The number of nitrogens with zero attached hydrogens (tertiary/aromatic N) is 5. The van der Waals surface area contributed by atoms with E-state index in [4.69, 9.17) is 4.52 Å².